The molecule has 9 rings (SSSR count). The van der Waals surface area contributed by atoms with Crippen molar-refractivity contribution < 1.29 is 0 Å². The molecule has 212 valence electrons. The molecule has 0 amide bonds. The second-order valence-electron chi connectivity index (χ2n) is 11.4. The Morgan fingerprint density at radius 3 is 2.16 bits per heavy atom. The maximum absolute atomic E-state index is 5.43. The molecule has 0 radical (unpaired) electrons. The number of fused-ring (bicyclic) bond motifs is 11. The predicted molar refractivity (Wildman–Crippen MR) is 194 cm³/mol. The van der Waals surface area contributed by atoms with Crippen LogP contribution in [-0.4, -0.2) is 14.5 Å². The summed E-state index contributed by atoms with van der Waals surface area (Å²) in [6, 6.07) is 41.0. The first-order valence-corrected chi connectivity index (χ1v) is 16.0. The van der Waals surface area contributed by atoms with Crippen molar-refractivity contribution in [2.24, 2.45) is 0 Å². The number of nitrogens with zero attached hydrogens (tertiary/aromatic N) is 3. The van der Waals surface area contributed by atoms with E-state index in [9.17, 15) is 0 Å². The molecular weight excluding hydrogens is 567 g/mol. The summed E-state index contributed by atoms with van der Waals surface area (Å²) < 4.78 is 4.84. The van der Waals surface area contributed by atoms with Gasteiger partial charge in [-0.2, -0.15) is 0 Å². The topological polar surface area (TPSA) is 30.7 Å². The lowest BCUT2D eigenvalue weighted by molar-refractivity contribution is 1.02. The first-order valence-electron chi connectivity index (χ1n) is 15.1. The van der Waals surface area contributed by atoms with Gasteiger partial charge >= 0.3 is 0 Å². The molecule has 0 fully saturated rings. The molecule has 0 aliphatic carbocycles. The predicted octanol–water partition coefficient (Wildman–Crippen LogP) is 11.4. The first kappa shape index (κ1) is 25.9. The fraction of sp³-hybridized carbons (Fsp3) is 0.0244. The van der Waals surface area contributed by atoms with Crippen LogP contribution in [0.25, 0.3) is 86.9 Å². The summed E-state index contributed by atoms with van der Waals surface area (Å²) >= 11 is 1.85. The Balaban J connectivity index is 1.53. The summed E-state index contributed by atoms with van der Waals surface area (Å²) in [6.45, 7) is 6.06. The Kier molecular flexibility index (Phi) is 5.74. The average molecular weight is 594 g/mol. The number of aryl methyl sites for hydroxylation is 1. The second-order valence-corrected chi connectivity index (χ2v) is 12.5. The Hall–Kier alpha value is -5.58. The fourth-order valence-electron chi connectivity index (χ4n) is 6.93. The molecule has 0 unspecified atom stereocenters. The highest BCUT2D eigenvalue weighted by Gasteiger charge is 2.24. The highest BCUT2D eigenvalue weighted by atomic mass is 32.1. The minimum Gasteiger partial charge on any atom is -0.276 e. The smallest absolute Gasteiger partial charge is 0.235 e. The maximum atomic E-state index is 5.43. The van der Waals surface area contributed by atoms with Crippen LogP contribution in [0.5, 0.6) is 0 Å². The monoisotopic (exact) mass is 593 g/mol. The van der Waals surface area contributed by atoms with Gasteiger partial charge in [-0.3, -0.25) is 4.57 Å². The van der Waals surface area contributed by atoms with Gasteiger partial charge in [0.05, 0.1) is 26.9 Å². The number of para-hydroxylation sites is 1. The summed E-state index contributed by atoms with van der Waals surface area (Å²) in [5, 5.41) is 8.55. The maximum Gasteiger partial charge on any atom is 0.235 e. The summed E-state index contributed by atoms with van der Waals surface area (Å²) in [6.07, 6.45) is 5.91. The molecule has 0 aliphatic rings. The number of hydrogen-bond donors (Lipinski definition) is 0. The lowest BCUT2D eigenvalue weighted by Crippen LogP contribution is -2.05. The molecule has 0 N–H and O–H groups in total. The number of aromatic nitrogens is 3. The van der Waals surface area contributed by atoms with Crippen LogP contribution in [0.2, 0.25) is 0 Å². The summed E-state index contributed by atoms with van der Waals surface area (Å²) in [4.78, 5) is 10.8. The van der Waals surface area contributed by atoms with Crippen LogP contribution in [0.1, 0.15) is 11.1 Å². The van der Waals surface area contributed by atoms with Crippen LogP contribution in [0, 0.1) is 6.92 Å². The molecule has 0 bridgehead atoms. The third-order valence-electron chi connectivity index (χ3n) is 8.91. The molecular formula is C41H27N3S. The van der Waals surface area contributed by atoms with Crippen LogP contribution >= 0.6 is 11.3 Å². The van der Waals surface area contributed by atoms with Gasteiger partial charge in [0.2, 0.25) is 5.95 Å². The van der Waals surface area contributed by atoms with E-state index >= 15 is 0 Å². The summed E-state index contributed by atoms with van der Waals surface area (Å²) in [5.74, 6) is 0.667. The molecule has 0 saturated heterocycles. The quantitative estimate of drug-likeness (QED) is 0.190. The van der Waals surface area contributed by atoms with E-state index in [1.165, 1.54) is 41.7 Å². The van der Waals surface area contributed by atoms with Crippen molar-refractivity contribution in [3.05, 3.63) is 145 Å². The number of rotatable bonds is 4. The average Bonchev–Trinajstić information content (AvgIpc) is 3.65. The zero-order valence-electron chi connectivity index (χ0n) is 24.7. The molecule has 0 atom stereocenters. The van der Waals surface area contributed by atoms with Crippen molar-refractivity contribution in [1.82, 2.24) is 14.5 Å². The Morgan fingerprint density at radius 1 is 0.667 bits per heavy atom. The van der Waals surface area contributed by atoms with Crippen LogP contribution in [0.4, 0.5) is 0 Å². The van der Waals surface area contributed by atoms with Crippen molar-refractivity contribution in [1.29, 1.82) is 0 Å². The van der Waals surface area contributed by atoms with Crippen molar-refractivity contribution >= 4 is 81.1 Å². The van der Waals surface area contributed by atoms with Crippen LogP contribution in [-0.2, 0) is 0 Å². The molecule has 0 aliphatic heterocycles. The lowest BCUT2D eigenvalue weighted by atomic mass is 9.99. The summed E-state index contributed by atoms with van der Waals surface area (Å²) in [7, 11) is 0. The minimum absolute atomic E-state index is 0.667. The van der Waals surface area contributed by atoms with Gasteiger partial charge < -0.3 is 0 Å². The highest BCUT2D eigenvalue weighted by Crippen LogP contribution is 2.47. The molecule has 4 heteroatoms. The second kappa shape index (κ2) is 9.98. The van der Waals surface area contributed by atoms with E-state index in [1.807, 2.05) is 29.6 Å². The zero-order chi connectivity index (χ0) is 30.1. The van der Waals surface area contributed by atoms with Crippen LogP contribution in [0.15, 0.2) is 134 Å². The molecule has 9 aromatic rings. The van der Waals surface area contributed by atoms with E-state index < -0.39 is 0 Å². The van der Waals surface area contributed by atoms with Gasteiger partial charge in [-0.05, 0) is 35.4 Å². The van der Waals surface area contributed by atoms with E-state index in [4.69, 9.17) is 9.97 Å². The van der Waals surface area contributed by atoms with Gasteiger partial charge in [0, 0.05) is 42.8 Å². The van der Waals surface area contributed by atoms with Gasteiger partial charge in [0.25, 0.3) is 0 Å². The molecule has 45 heavy (non-hydrogen) atoms. The molecule has 6 aromatic carbocycles. The van der Waals surface area contributed by atoms with E-state index in [0.29, 0.717) is 5.95 Å². The van der Waals surface area contributed by atoms with E-state index in [0.717, 1.165) is 44.3 Å². The fourth-order valence-corrected chi connectivity index (χ4v) is 8.19. The van der Waals surface area contributed by atoms with Gasteiger partial charge in [-0.25, -0.2) is 9.97 Å². The van der Waals surface area contributed by atoms with E-state index in [2.05, 4.69) is 133 Å². The largest absolute Gasteiger partial charge is 0.276 e. The number of thiophene rings is 1. The van der Waals surface area contributed by atoms with Crippen LogP contribution in [0.3, 0.4) is 0 Å². The highest BCUT2D eigenvalue weighted by molar-refractivity contribution is 7.27. The zero-order valence-corrected chi connectivity index (χ0v) is 25.5. The SMILES string of the molecule is C=C/C=C\c1c(C)ccc2c(-c3ccccc3)nc(-n3c4ccccc4c4c5ccccc5c5c6ccccc6sc5c43)nc12. The van der Waals surface area contributed by atoms with Crippen molar-refractivity contribution in [3.63, 3.8) is 0 Å². The summed E-state index contributed by atoms with van der Waals surface area (Å²) in [5.41, 5.74) is 7.39. The third-order valence-corrected chi connectivity index (χ3v) is 10.1. The van der Waals surface area contributed by atoms with Gasteiger partial charge in [-0.15, -0.1) is 11.3 Å². The van der Waals surface area contributed by atoms with Crippen molar-refractivity contribution in [2.75, 3.05) is 0 Å². The third kappa shape index (κ3) is 3.76. The molecule has 3 nitrogen and oxygen atoms in total. The van der Waals surface area contributed by atoms with E-state index in [1.54, 1.807) is 0 Å². The lowest BCUT2D eigenvalue weighted by Gasteiger charge is -2.15. The number of allylic oxidation sites excluding steroid dienone is 2. The first-order chi connectivity index (χ1) is 22.2. The van der Waals surface area contributed by atoms with Crippen LogP contribution < -0.4 is 0 Å². The number of hydrogen-bond acceptors (Lipinski definition) is 3. The van der Waals surface area contributed by atoms with Crippen molar-refractivity contribution in [2.45, 2.75) is 6.92 Å². The molecule has 0 spiro atoms. The molecule has 3 aromatic heterocycles. The molecule has 0 saturated carbocycles. The number of benzene rings is 6. The minimum atomic E-state index is 0.667. The van der Waals surface area contributed by atoms with E-state index in [-0.39, 0.29) is 0 Å². The van der Waals surface area contributed by atoms with Crippen molar-refractivity contribution in [3.8, 4) is 17.2 Å². The Labute approximate surface area is 264 Å². The van der Waals surface area contributed by atoms with Gasteiger partial charge in [0.15, 0.2) is 0 Å². The molecule has 3 heterocycles. The Morgan fingerprint density at radius 2 is 1.36 bits per heavy atom. The van der Waals surface area contributed by atoms with Gasteiger partial charge in [0.1, 0.15) is 0 Å². The van der Waals surface area contributed by atoms with Gasteiger partial charge in [-0.1, -0.05) is 128 Å². The normalized spacial score (nSPS) is 12.1. The Bertz CT molecular complexity index is 2670. The standard InChI is InChI=1S/C41H27N3S/c1-3-4-16-27-25(2)23-24-32-37(26-14-6-5-7-15-26)42-41(43-38(27)32)44-33-21-12-10-19-30(33)35-28-17-8-9-18-29(28)36-31-20-11-13-22-34(31)45-40(36)39(35)44/h3-24H,1H2,2H3/b16-4-.